The van der Waals surface area contributed by atoms with Gasteiger partial charge in [-0.25, -0.2) is 0 Å². The second-order valence-electron chi connectivity index (χ2n) is 7.69. The van der Waals surface area contributed by atoms with Crippen LogP contribution in [0, 0.1) is 12.8 Å². The summed E-state index contributed by atoms with van der Waals surface area (Å²) in [6, 6.07) is 8.70. The lowest BCUT2D eigenvalue weighted by Crippen LogP contribution is -2.47. The van der Waals surface area contributed by atoms with Crippen LogP contribution in [0.3, 0.4) is 0 Å². The van der Waals surface area contributed by atoms with Gasteiger partial charge >= 0.3 is 0 Å². The van der Waals surface area contributed by atoms with Crippen LogP contribution in [0.15, 0.2) is 35.3 Å². The van der Waals surface area contributed by atoms with Crippen LogP contribution in [0.25, 0.3) is 0 Å². The van der Waals surface area contributed by atoms with Crippen LogP contribution >= 0.6 is 11.6 Å². The van der Waals surface area contributed by atoms with Gasteiger partial charge in [-0.2, -0.15) is 0 Å². The second kappa shape index (κ2) is 8.69. The summed E-state index contributed by atoms with van der Waals surface area (Å²) >= 11 is 6.20. The molecule has 0 saturated carbocycles. The maximum atomic E-state index is 13.1. The Balaban J connectivity index is 1.43. The smallest absolute Gasteiger partial charge is 0.238 e. The first-order valence-electron chi connectivity index (χ1n) is 10.1. The number of fused-ring (bicyclic) bond motifs is 2. The predicted octanol–water partition coefficient (Wildman–Crippen LogP) is 3.90. The lowest BCUT2D eigenvalue weighted by molar-refractivity contribution is -0.117. The molecule has 1 saturated heterocycles. The molecule has 1 unspecified atom stereocenters. The third-order valence-electron chi connectivity index (χ3n) is 5.76. The molecule has 1 N–H and O–H groups in total. The number of aliphatic imine (C=N–C) groups is 1. The average Bonchev–Trinajstić information content (AvgIpc) is 2.77. The maximum Gasteiger partial charge on any atom is 0.238 e. The number of benzene rings is 2. The number of Topliss-reactive ketones (excluding diaryl/α,β-unsaturated/α-hetero) is 1. The van der Waals surface area contributed by atoms with E-state index in [2.05, 4.69) is 5.32 Å². The molecule has 2 aliphatic rings. The number of amides is 1. The van der Waals surface area contributed by atoms with Crippen molar-refractivity contribution in [2.75, 3.05) is 39.2 Å². The van der Waals surface area contributed by atoms with Crippen LogP contribution in [0.2, 0.25) is 5.02 Å². The number of methoxy groups -OCH3 is 2. The Hall–Kier alpha value is -2.90. The first kappa shape index (κ1) is 21.3. The highest BCUT2D eigenvalue weighted by Crippen LogP contribution is 2.37. The molecular weight excluding hydrogens is 418 g/mol. The van der Waals surface area contributed by atoms with Crippen molar-refractivity contribution in [2.45, 2.75) is 13.3 Å². The van der Waals surface area contributed by atoms with Crippen LogP contribution in [-0.4, -0.2) is 56.2 Å². The SMILES string of the molecule is COc1ccc(NC(=O)CN2CCC3=Nc4c(ccc(Cl)c4C)C(=O)C3C2)cc1OC. The number of ether oxygens (including phenoxy) is 2. The summed E-state index contributed by atoms with van der Waals surface area (Å²) in [7, 11) is 3.11. The first-order chi connectivity index (χ1) is 14.9. The molecule has 8 heteroatoms. The standard InChI is InChI=1S/C23H24ClN3O4/c1-13-17(24)6-5-15-22(13)26-18-8-9-27(11-16(18)23(15)29)12-21(28)25-14-4-7-19(30-2)20(10-14)31-3/h4-7,10,16H,8-9,11-12H2,1-3H3,(H,25,28). The highest BCUT2D eigenvalue weighted by atomic mass is 35.5. The number of piperidine rings is 1. The van der Waals surface area contributed by atoms with Crippen molar-refractivity contribution in [3.8, 4) is 11.5 Å². The van der Waals surface area contributed by atoms with Gasteiger partial charge < -0.3 is 14.8 Å². The average molecular weight is 442 g/mol. The Bertz CT molecular complexity index is 1080. The minimum absolute atomic E-state index is 0.0461. The zero-order valence-corrected chi connectivity index (χ0v) is 18.5. The Kier molecular flexibility index (Phi) is 5.98. The van der Waals surface area contributed by atoms with Gasteiger partial charge in [0.15, 0.2) is 17.3 Å². The van der Waals surface area contributed by atoms with E-state index in [9.17, 15) is 9.59 Å². The lowest BCUT2D eigenvalue weighted by Gasteiger charge is -2.35. The van der Waals surface area contributed by atoms with Gasteiger partial charge in [-0.3, -0.25) is 19.5 Å². The fourth-order valence-electron chi connectivity index (χ4n) is 4.08. The fraction of sp³-hybridized carbons (Fsp3) is 0.348. The molecule has 0 aliphatic carbocycles. The van der Waals surface area contributed by atoms with Crippen molar-refractivity contribution in [2.24, 2.45) is 10.9 Å². The molecule has 7 nitrogen and oxygen atoms in total. The summed E-state index contributed by atoms with van der Waals surface area (Å²) < 4.78 is 10.5. The van der Waals surface area contributed by atoms with Crippen molar-refractivity contribution in [1.29, 1.82) is 0 Å². The van der Waals surface area contributed by atoms with Crippen LogP contribution in [0.5, 0.6) is 11.5 Å². The van der Waals surface area contributed by atoms with Crippen LogP contribution in [0.4, 0.5) is 11.4 Å². The van der Waals surface area contributed by atoms with Crippen molar-refractivity contribution in [1.82, 2.24) is 4.90 Å². The molecule has 0 radical (unpaired) electrons. The summed E-state index contributed by atoms with van der Waals surface area (Å²) in [6.07, 6.45) is 0.644. The van der Waals surface area contributed by atoms with Crippen molar-refractivity contribution in [3.05, 3.63) is 46.5 Å². The fourth-order valence-corrected chi connectivity index (χ4v) is 4.23. The van der Waals surface area contributed by atoms with E-state index >= 15 is 0 Å². The molecule has 162 valence electrons. The van der Waals surface area contributed by atoms with E-state index < -0.39 is 0 Å². The Morgan fingerprint density at radius 1 is 1.23 bits per heavy atom. The summed E-state index contributed by atoms with van der Waals surface area (Å²) in [5, 5.41) is 3.49. The van der Waals surface area contributed by atoms with Crippen LogP contribution < -0.4 is 14.8 Å². The first-order valence-corrected chi connectivity index (χ1v) is 10.4. The Morgan fingerprint density at radius 2 is 2.00 bits per heavy atom. The quantitative estimate of drug-likeness (QED) is 0.761. The van der Waals surface area contributed by atoms with E-state index in [1.165, 1.54) is 0 Å². The number of rotatable bonds is 5. The number of ketones is 1. The summed E-state index contributed by atoms with van der Waals surface area (Å²) in [5.74, 6) is 0.705. The number of anilines is 1. The maximum absolute atomic E-state index is 13.1. The number of halogens is 1. The number of carbonyl (C=O) groups excluding carboxylic acids is 2. The molecule has 0 bridgehead atoms. The van der Waals surface area contributed by atoms with Gasteiger partial charge in [0.2, 0.25) is 5.91 Å². The molecule has 1 atom stereocenters. The van der Waals surface area contributed by atoms with E-state index in [4.69, 9.17) is 26.1 Å². The van der Waals surface area contributed by atoms with E-state index in [-0.39, 0.29) is 24.2 Å². The van der Waals surface area contributed by atoms with Crippen molar-refractivity contribution < 1.29 is 19.1 Å². The molecule has 1 amide bonds. The molecule has 0 spiro atoms. The molecule has 2 aromatic rings. The number of nitrogens with zero attached hydrogens (tertiary/aromatic N) is 2. The highest BCUT2D eigenvalue weighted by molar-refractivity contribution is 6.32. The molecule has 4 rings (SSSR count). The number of hydrogen-bond acceptors (Lipinski definition) is 6. The van der Waals surface area contributed by atoms with Gasteiger partial charge in [0, 0.05) is 41.1 Å². The third-order valence-corrected chi connectivity index (χ3v) is 6.17. The zero-order valence-electron chi connectivity index (χ0n) is 17.7. The van der Waals surface area contributed by atoms with Gasteiger partial charge in [0.1, 0.15) is 0 Å². The monoisotopic (exact) mass is 441 g/mol. The molecular formula is C23H24ClN3O4. The number of nitrogens with one attached hydrogen (secondary N) is 1. The molecule has 2 aliphatic heterocycles. The second-order valence-corrected chi connectivity index (χ2v) is 8.10. The van der Waals surface area contributed by atoms with Gasteiger partial charge in [0.25, 0.3) is 0 Å². The van der Waals surface area contributed by atoms with E-state index in [1.54, 1.807) is 44.6 Å². The summed E-state index contributed by atoms with van der Waals surface area (Å²) in [5.41, 5.74) is 3.61. The van der Waals surface area contributed by atoms with Crippen molar-refractivity contribution >= 4 is 40.4 Å². The Labute approximate surface area is 186 Å². The highest BCUT2D eigenvalue weighted by Gasteiger charge is 2.36. The van der Waals surface area contributed by atoms with Gasteiger partial charge in [-0.15, -0.1) is 0 Å². The van der Waals surface area contributed by atoms with Crippen LogP contribution in [0.1, 0.15) is 22.3 Å². The van der Waals surface area contributed by atoms with Crippen molar-refractivity contribution in [3.63, 3.8) is 0 Å². The normalized spacial score (nSPS) is 18.0. The number of likely N-dealkylation sites (tertiary alicyclic amines) is 1. The number of carbonyl (C=O) groups is 2. The van der Waals surface area contributed by atoms with E-state index in [1.807, 2.05) is 11.8 Å². The Morgan fingerprint density at radius 3 is 2.74 bits per heavy atom. The predicted molar refractivity (Wildman–Crippen MR) is 120 cm³/mol. The molecule has 2 aromatic carbocycles. The molecule has 1 fully saturated rings. The minimum atomic E-state index is -0.323. The molecule has 2 heterocycles. The summed E-state index contributed by atoms with van der Waals surface area (Å²) in [6.45, 7) is 3.21. The zero-order chi connectivity index (χ0) is 22.1. The summed E-state index contributed by atoms with van der Waals surface area (Å²) in [4.78, 5) is 32.4. The lowest BCUT2D eigenvalue weighted by atomic mass is 9.84. The van der Waals surface area contributed by atoms with E-state index in [0.29, 0.717) is 53.0 Å². The van der Waals surface area contributed by atoms with E-state index in [0.717, 1.165) is 11.3 Å². The van der Waals surface area contributed by atoms with Crippen LogP contribution in [-0.2, 0) is 4.79 Å². The topological polar surface area (TPSA) is 80.2 Å². The van der Waals surface area contributed by atoms with Gasteiger partial charge in [-0.05, 0) is 43.2 Å². The van der Waals surface area contributed by atoms with Gasteiger partial charge in [0.05, 0.1) is 32.4 Å². The molecule has 0 aromatic heterocycles. The molecule has 31 heavy (non-hydrogen) atoms. The largest absolute Gasteiger partial charge is 0.493 e. The minimum Gasteiger partial charge on any atom is -0.493 e. The number of hydrogen-bond donors (Lipinski definition) is 1. The third kappa shape index (κ3) is 4.16. The van der Waals surface area contributed by atoms with Gasteiger partial charge in [-0.1, -0.05) is 11.6 Å².